The van der Waals surface area contributed by atoms with Crippen molar-refractivity contribution >= 4 is 35.2 Å². The number of hydrogen-bond acceptors (Lipinski definition) is 4. The van der Waals surface area contributed by atoms with Crippen molar-refractivity contribution in [1.82, 2.24) is 15.1 Å². The van der Waals surface area contributed by atoms with Gasteiger partial charge in [0.1, 0.15) is 5.75 Å². The maximum atomic E-state index is 12.5. The summed E-state index contributed by atoms with van der Waals surface area (Å²) in [5, 5.41) is 12.7. The van der Waals surface area contributed by atoms with Gasteiger partial charge in [-0.1, -0.05) is 23.2 Å². The van der Waals surface area contributed by atoms with Crippen molar-refractivity contribution in [1.29, 1.82) is 0 Å². The number of hydrogen-bond donors (Lipinski definition) is 2. The zero-order valence-electron chi connectivity index (χ0n) is 15.1. The van der Waals surface area contributed by atoms with Crippen molar-refractivity contribution in [2.45, 2.75) is 25.4 Å². The Kier molecular flexibility index (Phi) is 6.34. The first-order valence-electron chi connectivity index (χ1n) is 8.90. The highest BCUT2D eigenvalue weighted by Crippen LogP contribution is 2.30. The molecule has 0 saturated carbocycles. The topological polar surface area (TPSA) is 82.1 Å². The van der Waals surface area contributed by atoms with Gasteiger partial charge in [-0.2, -0.15) is 0 Å². The summed E-state index contributed by atoms with van der Waals surface area (Å²) in [4.78, 5) is 27.1. The average molecular weight is 416 g/mol. The fourth-order valence-electron chi connectivity index (χ4n) is 3.59. The summed E-state index contributed by atoms with van der Waals surface area (Å²) >= 11 is 12.0. The molecule has 2 N–H and O–H groups in total. The largest absolute Gasteiger partial charge is 0.496 e. The molecule has 148 valence electrons. The van der Waals surface area contributed by atoms with Crippen LogP contribution in [0.25, 0.3) is 0 Å². The number of carbonyl (C=O) groups excluding carboxylic acids is 1. The van der Waals surface area contributed by atoms with E-state index in [1.807, 2.05) is 0 Å². The number of nitrogens with one attached hydrogen (secondary N) is 1. The van der Waals surface area contributed by atoms with E-state index >= 15 is 0 Å². The minimum atomic E-state index is -0.863. The highest BCUT2D eigenvalue weighted by atomic mass is 35.5. The molecule has 0 spiro atoms. The predicted octanol–water partition coefficient (Wildman–Crippen LogP) is 2.69. The van der Waals surface area contributed by atoms with Crippen molar-refractivity contribution in [3.05, 3.63) is 27.7 Å². The summed E-state index contributed by atoms with van der Waals surface area (Å²) in [6, 6.07) is 3.63. The lowest BCUT2D eigenvalue weighted by Gasteiger charge is -2.46. The summed E-state index contributed by atoms with van der Waals surface area (Å²) in [5.41, 5.74) is 0.779. The van der Waals surface area contributed by atoms with E-state index in [0.717, 1.165) is 31.5 Å². The number of piperidine rings is 1. The van der Waals surface area contributed by atoms with Crippen molar-refractivity contribution in [2.24, 2.45) is 5.92 Å². The molecule has 2 aliphatic rings. The summed E-state index contributed by atoms with van der Waals surface area (Å²) < 4.78 is 5.30. The Morgan fingerprint density at radius 2 is 1.85 bits per heavy atom. The van der Waals surface area contributed by atoms with Crippen LogP contribution in [0.5, 0.6) is 5.75 Å². The number of amides is 2. The van der Waals surface area contributed by atoms with Gasteiger partial charge in [-0.25, -0.2) is 4.79 Å². The van der Waals surface area contributed by atoms with Crippen LogP contribution in [0.15, 0.2) is 12.1 Å². The van der Waals surface area contributed by atoms with E-state index in [9.17, 15) is 9.59 Å². The van der Waals surface area contributed by atoms with Gasteiger partial charge in [0, 0.05) is 43.2 Å². The molecule has 0 atom stereocenters. The third kappa shape index (κ3) is 4.59. The van der Waals surface area contributed by atoms with Crippen molar-refractivity contribution < 1.29 is 19.4 Å². The second kappa shape index (κ2) is 8.54. The molecule has 27 heavy (non-hydrogen) atoms. The second-order valence-electron chi connectivity index (χ2n) is 6.95. The number of halogens is 2. The first kappa shape index (κ1) is 20.0. The summed E-state index contributed by atoms with van der Waals surface area (Å²) in [5.74, 6) is 0.571. The van der Waals surface area contributed by atoms with Crippen LogP contribution in [-0.4, -0.2) is 66.2 Å². The molecule has 0 unspecified atom stereocenters. The van der Waals surface area contributed by atoms with E-state index in [1.54, 1.807) is 19.2 Å². The van der Waals surface area contributed by atoms with Gasteiger partial charge in [-0.3, -0.25) is 9.69 Å². The van der Waals surface area contributed by atoms with E-state index in [4.69, 9.17) is 33.0 Å². The first-order chi connectivity index (χ1) is 12.9. The molecule has 9 heteroatoms. The Labute approximate surface area is 168 Å². The molecule has 1 aromatic carbocycles. The highest BCUT2D eigenvalue weighted by molar-refractivity contribution is 6.42. The van der Waals surface area contributed by atoms with Gasteiger partial charge >= 0.3 is 6.09 Å². The Morgan fingerprint density at radius 1 is 1.22 bits per heavy atom. The molecule has 3 rings (SSSR count). The third-order valence-electron chi connectivity index (χ3n) is 5.33. The number of carboxylic acid groups (broad SMARTS) is 1. The van der Waals surface area contributed by atoms with E-state index < -0.39 is 6.09 Å². The molecule has 2 fully saturated rings. The molecule has 2 heterocycles. The third-order valence-corrected chi connectivity index (χ3v) is 6.05. The second-order valence-corrected chi connectivity index (χ2v) is 7.76. The zero-order chi connectivity index (χ0) is 19.6. The van der Waals surface area contributed by atoms with Gasteiger partial charge in [-0.15, -0.1) is 0 Å². The molecule has 7 nitrogen and oxygen atoms in total. The van der Waals surface area contributed by atoms with Crippen LogP contribution in [0, 0.1) is 5.92 Å². The van der Waals surface area contributed by atoms with Gasteiger partial charge in [-0.05, 0) is 32.0 Å². The molecular weight excluding hydrogens is 393 g/mol. The maximum absolute atomic E-state index is 12.5. The molecular formula is C18H23Cl2N3O4. The van der Waals surface area contributed by atoms with Crippen LogP contribution in [0.1, 0.15) is 18.4 Å². The molecule has 2 saturated heterocycles. The minimum Gasteiger partial charge on any atom is -0.496 e. The molecule has 0 bridgehead atoms. The van der Waals surface area contributed by atoms with Crippen LogP contribution in [0.4, 0.5) is 4.79 Å². The SMILES string of the molecule is COc1cc(Cl)c(Cl)cc1CNC(=O)C1CCN(C2CN(C(=O)O)C2)CC1. The normalized spacial score (nSPS) is 18.9. The van der Waals surface area contributed by atoms with Crippen LogP contribution in [0.3, 0.4) is 0 Å². The van der Waals surface area contributed by atoms with Gasteiger partial charge < -0.3 is 20.1 Å². The van der Waals surface area contributed by atoms with Crippen LogP contribution < -0.4 is 10.1 Å². The number of carbonyl (C=O) groups is 2. The quantitative estimate of drug-likeness (QED) is 0.772. The molecule has 2 aliphatic heterocycles. The van der Waals surface area contributed by atoms with Gasteiger partial charge in [0.15, 0.2) is 0 Å². The number of nitrogens with zero attached hydrogens (tertiary/aromatic N) is 2. The number of rotatable bonds is 5. The Balaban J connectivity index is 1.46. The van der Waals surface area contributed by atoms with E-state index in [0.29, 0.717) is 35.4 Å². The van der Waals surface area contributed by atoms with Crippen LogP contribution in [0.2, 0.25) is 10.0 Å². The maximum Gasteiger partial charge on any atom is 0.407 e. The number of methoxy groups -OCH3 is 1. The monoisotopic (exact) mass is 415 g/mol. The standard InChI is InChI=1S/C18H23Cl2N3O4/c1-27-16-7-15(20)14(19)6-12(16)8-21-17(24)11-2-4-22(5-3-11)13-9-23(10-13)18(25)26/h6-7,11,13H,2-5,8-10H2,1H3,(H,21,24)(H,25,26). The summed E-state index contributed by atoms with van der Waals surface area (Å²) in [6.07, 6.45) is 0.681. The van der Waals surface area contributed by atoms with E-state index in [2.05, 4.69) is 10.2 Å². The molecule has 0 aliphatic carbocycles. The minimum absolute atomic E-state index is 0.0172. The lowest BCUT2D eigenvalue weighted by molar-refractivity contribution is -0.127. The van der Waals surface area contributed by atoms with E-state index in [1.165, 1.54) is 4.90 Å². The van der Waals surface area contributed by atoms with Crippen molar-refractivity contribution in [2.75, 3.05) is 33.3 Å². The van der Waals surface area contributed by atoms with Crippen molar-refractivity contribution in [3.8, 4) is 5.75 Å². The summed E-state index contributed by atoms with van der Waals surface area (Å²) in [6.45, 7) is 3.07. The predicted molar refractivity (Wildman–Crippen MR) is 103 cm³/mol. The highest BCUT2D eigenvalue weighted by Gasteiger charge is 2.37. The Morgan fingerprint density at radius 3 is 2.44 bits per heavy atom. The van der Waals surface area contributed by atoms with Crippen LogP contribution in [-0.2, 0) is 11.3 Å². The molecule has 0 aromatic heterocycles. The van der Waals surface area contributed by atoms with Crippen LogP contribution >= 0.6 is 23.2 Å². The average Bonchev–Trinajstić information content (AvgIpc) is 2.61. The molecule has 1 aromatic rings. The lowest BCUT2D eigenvalue weighted by atomic mass is 9.93. The molecule has 2 amide bonds. The molecule has 0 radical (unpaired) electrons. The number of benzene rings is 1. The number of likely N-dealkylation sites (tertiary alicyclic amines) is 2. The summed E-state index contributed by atoms with van der Waals surface area (Å²) in [7, 11) is 1.55. The van der Waals surface area contributed by atoms with E-state index in [-0.39, 0.29) is 17.9 Å². The number of ether oxygens (including phenoxy) is 1. The zero-order valence-corrected chi connectivity index (χ0v) is 16.6. The Bertz CT molecular complexity index is 717. The fraction of sp³-hybridized carbons (Fsp3) is 0.556. The smallest absolute Gasteiger partial charge is 0.407 e. The van der Waals surface area contributed by atoms with Crippen molar-refractivity contribution in [3.63, 3.8) is 0 Å². The first-order valence-corrected chi connectivity index (χ1v) is 9.66. The lowest BCUT2D eigenvalue weighted by Crippen LogP contribution is -2.62. The Hall–Kier alpha value is -1.70. The van der Waals surface area contributed by atoms with Gasteiger partial charge in [0.2, 0.25) is 5.91 Å². The van der Waals surface area contributed by atoms with Gasteiger partial charge in [0.05, 0.1) is 17.2 Å². The van der Waals surface area contributed by atoms with Gasteiger partial charge in [0.25, 0.3) is 0 Å². The fourth-order valence-corrected chi connectivity index (χ4v) is 3.93.